The van der Waals surface area contributed by atoms with Crippen molar-refractivity contribution >= 4 is 5.78 Å². The van der Waals surface area contributed by atoms with E-state index in [4.69, 9.17) is 14.2 Å². The zero-order chi connectivity index (χ0) is 17.8. The Morgan fingerprint density at radius 1 is 1.38 bits per heavy atom. The number of rotatable bonds is 6. The van der Waals surface area contributed by atoms with Crippen LogP contribution in [-0.2, 0) is 23.7 Å². The minimum atomic E-state index is -4.37. The molecule has 0 radical (unpaired) electrons. The van der Waals surface area contributed by atoms with Gasteiger partial charge in [0, 0.05) is 20.1 Å². The average molecular weight is 356 g/mol. The largest absolute Gasteiger partial charge is 0.411 e. The standard InChI is InChI=1S/C15H20F4O5/c1-13(9(24-13)3-4-22-7-15(17,18)19)12-11(21-2)10(20)8(16)5-14(12)6-23-14/h8-9,11-12H,3-7H2,1-2H3. The number of halogens is 4. The van der Waals surface area contributed by atoms with Crippen molar-refractivity contribution in [2.45, 2.75) is 55.5 Å². The molecule has 1 aliphatic carbocycles. The predicted molar refractivity (Wildman–Crippen MR) is 72.3 cm³/mol. The number of Topliss-reactive ketones (excluding diaryl/α,β-unsaturated/α-hetero) is 1. The fraction of sp³-hybridized carbons (Fsp3) is 0.933. The summed E-state index contributed by atoms with van der Waals surface area (Å²) in [6.07, 6.45) is -7.15. The molecular weight excluding hydrogens is 336 g/mol. The van der Waals surface area contributed by atoms with E-state index in [0.29, 0.717) is 6.61 Å². The SMILES string of the molecule is COC1C(=O)C(F)CC2(CO2)C1C1(C)OC1CCOCC(F)(F)F. The van der Waals surface area contributed by atoms with Gasteiger partial charge in [-0.1, -0.05) is 0 Å². The normalized spacial score (nSPS) is 44.8. The van der Waals surface area contributed by atoms with Crippen molar-refractivity contribution in [3.05, 3.63) is 0 Å². The molecule has 0 aromatic carbocycles. The quantitative estimate of drug-likeness (QED) is 0.413. The summed E-state index contributed by atoms with van der Waals surface area (Å²) in [4.78, 5) is 12.1. The fourth-order valence-electron chi connectivity index (χ4n) is 3.88. The first-order chi connectivity index (χ1) is 11.1. The lowest BCUT2D eigenvalue weighted by atomic mass is 9.68. The lowest BCUT2D eigenvalue weighted by molar-refractivity contribution is -0.174. The number of ether oxygens (including phenoxy) is 4. The smallest absolute Gasteiger partial charge is 0.373 e. The van der Waals surface area contributed by atoms with Crippen LogP contribution in [0, 0.1) is 5.92 Å². The van der Waals surface area contributed by atoms with Crippen LogP contribution in [0.5, 0.6) is 0 Å². The second kappa shape index (κ2) is 5.89. The Labute approximate surface area is 136 Å². The summed E-state index contributed by atoms with van der Waals surface area (Å²) >= 11 is 0. The first-order valence-electron chi connectivity index (χ1n) is 7.80. The molecule has 3 fully saturated rings. The van der Waals surface area contributed by atoms with Gasteiger partial charge in [0.1, 0.15) is 23.9 Å². The molecule has 3 aliphatic rings. The molecule has 9 heteroatoms. The molecule has 1 spiro atoms. The van der Waals surface area contributed by atoms with E-state index >= 15 is 0 Å². The number of ketones is 1. The van der Waals surface area contributed by atoms with Gasteiger partial charge in [0.05, 0.1) is 18.6 Å². The molecule has 6 atom stereocenters. The Kier molecular flexibility index (Phi) is 4.43. The molecule has 0 aromatic rings. The van der Waals surface area contributed by atoms with Crippen LogP contribution in [0.3, 0.4) is 0 Å². The number of epoxide rings is 2. The van der Waals surface area contributed by atoms with Crippen molar-refractivity contribution in [3.8, 4) is 0 Å². The summed E-state index contributed by atoms with van der Waals surface area (Å²) in [6, 6.07) is 0. The number of methoxy groups -OCH3 is 1. The monoisotopic (exact) mass is 356 g/mol. The second-order valence-corrected chi connectivity index (χ2v) is 6.81. The number of alkyl halides is 4. The van der Waals surface area contributed by atoms with E-state index in [1.807, 2.05) is 0 Å². The first kappa shape index (κ1) is 18.0. The third-order valence-corrected chi connectivity index (χ3v) is 5.14. The maximum atomic E-state index is 13.9. The van der Waals surface area contributed by atoms with E-state index in [0.717, 1.165) is 0 Å². The summed E-state index contributed by atoms with van der Waals surface area (Å²) in [5.41, 5.74) is -1.58. The molecular formula is C15H20F4O5. The van der Waals surface area contributed by atoms with E-state index in [2.05, 4.69) is 4.74 Å². The van der Waals surface area contributed by atoms with Gasteiger partial charge in [-0.05, 0) is 13.3 Å². The Morgan fingerprint density at radius 2 is 2.04 bits per heavy atom. The molecule has 138 valence electrons. The lowest BCUT2D eigenvalue weighted by Gasteiger charge is -2.38. The zero-order valence-corrected chi connectivity index (χ0v) is 13.4. The average Bonchev–Trinajstić information content (AvgIpc) is 3.37. The maximum absolute atomic E-state index is 13.9. The number of carbonyl (C=O) groups is 1. The highest BCUT2D eigenvalue weighted by molar-refractivity contribution is 5.89. The summed E-state index contributed by atoms with van der Waals surface area (Å²) in [7, 11) is 1.33. The van der Waals surface area contributed by atoms with Crippen LogP contribution in [0.4, 0.5) is 17.6 Å². The van der Waals surface area contributed by atoms with Gasteiger partial charge in [-0.15, -0.1) is 0 Å². The molecule has 24 heavy (non-hydrogen) atoms. The topological polar surface area (TPSA) is 60.6 Å². The van der Waals surface area contributed by atoms with Crippen LogP contribution in [0.2, 0.25) is 0 Å². The van der Waals surface area contributed by atoms with Crippen molar-refractivity contribution in [1.29, 1.82) is 0 Å². The summed E-state index contributed by atoms with van der Waals surface area (Å²) < 4.78 is 71.0. The lowest BCUT2D eigenvalue weighted by Crippen LogP contribution is -2.56. The fourth-order valence-corrected chi connectivity index (χ4v) is 3.88. The summed E-state index contributed by atoms with van der Waals surface area (Å²) in [6.45, 7) is 0.655. The molecule has 0 N–H and O–H groups in total. The molecule has 2 saturated heterocycles. The first-order valence-corrected chi connectivity index (χ1v) is 7.80. The van der Waals surface area contributed by atoms with Crippen LogP contribution >= 0.6 is 0 Å². The highest BCUT2D eigenvalue weighted by Crippen LogP contribution is 2.58. The molecule has 6 unspecified atom stereocenters. The van der Waals surface area contributed by atoms with Crippen LogP contribution in [0.25, 0.3) is 0 Å². The third kappa shape index (κ3) is 3.18. The number of carbonyl (C=O) groups excluding carboxylic acids is 1. The van der Waals surface area contributed by atoms with Crippen LogP contribution < -0.4 is 0 Å². The predicted octanol–water partition coefficient (Wildman–Crippen LogP) is 1.82. The van der Waals surface area contributed by atoms with Crippen molar-refractivity contribution in [2.24, 2.45) is 5.92 Å². The molecule has 0 aromatic heterocycles. The Bertz CT molecular complexity index is 507. The van der Waals surface area contributed by atoms with Gasteiger partial charge in [-0.3, -0.25) is 4.79 Å². The van der Waals surface area contributed by atoms with Crippen molar-refractivity contribution in [3.63, 3.8) is 0 Å². The van der Waals surface area contributed by atoms with Gasteiger partial charge in [0.15, 0.2) is 12.0 Å². The Balaban J connectivity index is 1.62. The van der Waals surface area contributed by atoms with E-state index in [9.17, 15) is 22.4 Å². The zero-order valence-electron chi connectivity index (χ0n) is 13.4. The number of hydrogen-bond donors (Lipinski definition) is 0. The van der Waals surface area contributed by atoms with Crippen molar-refractivity contribution in [2.75, 3.05) is 26.9 Å². The van der Waals surface area contributed by atoms with E-state index < -0.39 is 48.0 Å². The van der Waals surface area contributed by atoms with Crippen molar-refractivity contribution < 1.29 is 41.3 Å². The minimum Gasteiger partial charge on any atom is -0.373 e. The van der Waals surface area contributed by atoms with Crippen LogP contribution in [-0.4, -0.2) is 68.5 Å². The minimum absolute atomic E-state index is 0.0351. The molecule has 3 rings (SSSR count). The van der Waals surface area contributed by atoms with E-state index in [1.165, 1.54) is 7.11 Å². The van der Waals surface area contributed by atoms with Gasteiger partial charge in [0.2, 0.25) is 0 Å². The summed E-state index contributed by atoms with van der Waals surface area (Å²) in [5.74, 6) is -1.12. The molecule has 2 heterocycles. The molecule has 0 amide bonds. The summed E-state index contributed by atoms with van der Waals surface area (Å²) in [5, 5.41) is 0. The van der Waals surface area contributed by atoms with Gasteiger partial charge >= 0.3 is 6.18 Å². The van der Waals surface area contributed by atoms with Gasteiger partial charge < -0.3 is 18.9 Å². The van der Waals surface area contributed by atoms with E-state index in [1.54, 1.807) is 6.92 Å². The van der Waals surface area contributed by atoms with Crippen LogP contribution in [0.1, 0.15) is 19.8 Å². The highest BCUT2D eigenvalue weighted by atomic mass is 19.4. The molecule has 1 saturated carbocycles. The van der Waals surface area contributed by atoms with Crippen LogP contribution in [0.15, 0.2) is 0 Å². The second-order valence-electron chi connectivity index (χ2n) is 6.81. The Hall–Kier alpha value is -0.770. The Morgan fingerprint density at radius 3 is 2.58 bits per heavy atom. The van der Waals surface area contributed by atoms with E-state index in [-0.39, 0.29) is 25.6 Å². The number of hydrogen-bond acceptors (Lipinski definition) is 5. The third-order valence-electron chi connectivity index (χ3n) is 5.14. The van der Waals surface area contributed by atoms with Crippen molar-refractivity contribution in [1.82, 2.24) is 0 Å². The molecule has 0 bridgehead atoms. The maximum Gasteiger partial charge on any atom is 0.411 e. The highest BCUT2D eigenvalue weighted by Gasteiger charge is 2.73. The van der Waals surface area contributed by atoms with Gasteiger partial charge in [-0.2, -0.15) is 13.2 Å². The van der Waals surface area contributed by atoms with Gasteiger partial charge in [0.25, 0.3) is 0 Å². The molecule has 5 nitrogen and oxygen atoms in total. The molecule has 2 aliphatic heterocycles. The van der Waals surface area contributed by atoms with Gasteiger partial charge in [-0.25, -0.2) is 4.39 Å².